The SMILES string of the molecule is O=C(OC1CCNCC1(CF)CF)c1ccc2nc(-c3cc(Cl)cc(Cl)c3)oc2c1. The molecule has 0 bridgehead atoms. The van der Waals surface area contributed by atoms with Crippen LogP contribution in [0, 0.1) is 5.41 Å². The Bertz CT molecular complexity index is 1070. The molecule has 2 heterocycles. The molecule has 0 radical (unpaired) electrons. The molecule has 1 aliphatic heterocycles. The number of hydrogen-bond acceptors (Lipinski definition) is 5. The number of piperidine rings is 1. The minimum absolute atomic E-state index is 0.116. The summed E-state index contributed by atoms with van der Waals surface area (Å²) in [5.74, 6) is -0.369. The number of hydrogen-bond donors (Lipinski definition) is 1. The number of ether oxygens (including phenoxy) is 1. The molecule has 1 aliphatic rings. The van der Waals surface area contributed by atoms with E-state index in [1.54, 1.807) is 24.3 Å². The Morgan fingerprint density at radius 2 is 1.93 bits per heavy atom. The zero-order valence-corrected chi connectivity index (χ0v) is 17.3. The lowest BCUT2D eigenvalue weighted by Gasteiger charge is -2.39. The van der Waals surface area contributed by atoms with Gasteiger partial charge < -0.3 is 14.5 Å². The van der Waals surface area contributed by atoms with Gasteiger partial charge in [-0.1, -0.05) is 23.2 Å². The summed E-state index contributed by atoms with van der Waals surface area (Å²) in [7, 11) is 0. The van der Waals surface area contributed by atoms with Crippen molar-refractivity contribution in [3.05, 3.63) is 52.0 Å². The van der Waals surface area contributed by atoms with E-state index in [2.05, 4.69) is 10.3 Å². The van der Waals surface area contributed by atoms with Gasteiger partial charge in [0.2, 0.25) is 5.89 Å². The second kappa shape index (κ2) is 8.49. The third-order valence-electron chi connectivity index (χ3n) is 5.26. The number of nitrogens with zero attached hydrogens (tertiary/aromatic N) is 1. The largest absolute Gasteiger partial charge is 0.458 e. The molecule has 158 valence electrons. The number of aromatic nitrogens is 1. The quantitative estimate of drug-likeness (QED) is 0.533. The van der Waals surface area contributed by atoms with Crippen LogP contribution in [0.1, 0.15) is 16.8 Å². The minimum atomic E-state index is -1.36. The van der Waals surface area contributed by atoms with Crippen LogP contribution in [0.4, 0.5) is 8.78 Å². The van der Waals surface area contributed by atoms with Crippen LogP contribution < -0.4 is 5.32 Å². The molecule has 0 spiro atoms. The molecular weight excluding hydrogens is 437 g/mol. The zero-order valence-electron chi connectivity index (χ0n) is 15.8. The van der Waals surface area contributed by atoms with Crippen LogP contribution in [0.5, 0.6) is 0 Å². The van der Waals surface area contributed by atoms with Crippen molar-refractivity contribution in [3.63, 3.8) is 0 Å². The average molecular weight is 455 g/mol. The lowest BCUT2D eigenvalue weighted by molar-refractivity contribution is -0.0533. The number of oxazole rings is 1. The molecule has 1 unspecified atom stereocenters. The van der Waals surface area contributed by atoms with Crippen LogP contribution in [-0.4, -0.2) is 43.5 Å². The van der Waals surface area contributed by atoms with Crippen LogP contribution in [0.2, 0.25) is 10.0 Å². The number of benzene rings is 2. The standard InChI is InChI=1S/C21H18Cl2F2N2O3/c22-14-5-13(6-15(23)8-14)19-27-16-2-1-12(7-17(16)29-19)20(28)30-18-3-4-26-11-21(18,9-24)10-25/h1-2,5-8,18,26H,3-4,9-11H2. The fraction of sp³-hybridized carbons (Fsp3) is 0.333. The van der Waals surface area contributed by atoms with Crippen molar-refractivity contribution >= 4 is 40.3 Å². The molecule has 1 saturated heterocycles. The number of halogens is 4. The molecule has 5 nitrogen and oxygen atoms in total. The van der Waals surface area contributed by atoms with E-state index in [9.17, 15) is 13.6 Å². The molecule has 4 rings (SSSR count). The Morgan fingerprint density at radius 3 is 2.63 bits per heavy atom. The van der Waals surface area contributed by atoms with E-state index in [0.29, 0.717) is 45.6 Å². The predicted molar refractivity (Wildman–Crippen MR) is 111 cm³/mol. The Kier molecular flexibility index (Phi) is 5.95. The molecule has 2 aromatic carbocycles. The molecule has 1 fully saturated rings. The van der Waals surface area contributed by atoms with Crippen molar-refractivity contribution < 1.29 is 22.7 Å². The highest BCUT2D eigenvalue weighted by atomic mass is 35.5. The number of esters is 1. The van der Waals surface area contributed by atoms with Crippen molar-refractivity contribution in [2.75, 3.05) is 26.4 Å². The normalized spacial score (nSPS) is 18.5. The topological polar surface area (TPSA) is 64.4 Å². The van der Waals surface area contributed by atoms with E-state index in [1.165, 1.54) is 12.1 Å². The van der Waals surface area contributed by atoms with E-state index in [1.807, 2.05) is 0 Å². The first-order valence-electron chi connectivity index (χ1n) is 9.35. The van der Waals surface area contributed by atoms with E-state index in [-0.39, 0.29) is 12.1 Å². The lowest BCUT2D eigenvalue weighted by atomic mass is 9.80. The highest BCUT2D eigenvalue weighted by Crippen LogP contribution is 2.32. The van der Waals surface area contributed by atoms with Gasteiger partial charge in [0, 0.05) is 22.2 Å². The predicted octanol–water partition coefficient (Wildman–Crippen LogP) is 5.25. The van der Waals surface area contributed by atoms with Gasteiger partial charge in [-0.25, -0.2) is 9.78 Å². The number of rotatable bonds is 5. The Balaban J connectivity index is 1.59. The molecule has 9 heteroatoms. The molecule has 30 heavy (non-hydrogen) atoms. The summed E-state index contributed by atoms with van der Waals surface area (Å²) in [5, 5.41) is 3.84. The molecule has 1 atom stereocenters. The molecule has 3 aromatic rings. The third-order valence-corrected chi connectivity index (χ3v) is 5.70. The van der Waals surface area contributed by atoms with Gasteiger partial charge >= 0.3 is 5.97 Å². The van der Waals surface area contributed by atoms with Crippen molar-refractivity contribution in [1.29, 1.82) is 0 Å². The molecule has 1 N–H and O–H groups in total. The summed E-state index contributed by atoms with van der Waals surface area (Å²) in [6.45, 7) is -1.20. The monoisotopic (exact) mass is 454 g/mol. The summed E-state index contributed by atoms with van der Waals surface area (Å²) < 4.78 is 38.4. The summed E-state index contributed by atoms with van der Waals surface area (Å²) >= 11 is 12.1. The maximum atomic E-state index is 13.6. The van der Waals surface area contributed by atoms with Crippen LogP contribution in [-0.2, 0) is 4.74 Å². The smallest absolute Gasteiger partial charge is 0.338 e. The second-order valence-corrected chi connectivity index (χ2v) is 8.22. The lowest BCUT2D eigenvalue weighted by Crippen LogP contribution is -2.54. The summed E-state index contributed by atoms with van der Waals surface area (Å²) in [4.78, 5) is 17.0. The van der Waals surface area contributed by atoms with E-state index >= 15 is 0 Å². The molecule has 0 amide bonds. The van der Waals surface area contributed by atoms with Crippen molar-refractivity contribution in [1.82, 2.24) is 10.3 Å². The van der Waals surface area contributed by atoms with Gasteiger partial charge in [0.1, 0.15) is 25.0 Å². The molecular formula is C21H18Cl2F2N2O3. The summed E-state index contributed by atoms with van der Waals surface area (Å²) in [6, 6.07) is 9.57. The van der Waals surface area contributed by atoms with Crippen LogP contribution in [0.25, 0.3) is 22.6 Å². The van der Waals surface area contributed by atoms with Crippen molar-refractivity contribution in [3.8, 4) is 11.5 Å². The van der Waals surface area contributed by atoms with Crippen molar-refractivity contribution in [2.24, 2.45) is 5.41 Å². The number of alkyl halides is 2. The maximum absolute atomic E-state index is 13.6. The minimum Gasteiger partial charge on any atom is -0.458 e. The number of carbonyl (C=O) groups is 1. The van der Waals surface area contributed by atoms with Crippen LogP contribution in [0.15, 0.2) is 40.8 Å². The van der Waals surface area contributed by atoms with E-state index in [4.69, 9.17) is 32.4 Å². The number of fused-ring (bicyclic) bond motifs is 1. The van der Waals surface area contributed by atoms with E-state index in [0.717, 1.165) is 0 Å². The number of nitrogens with one attached hydrogen (secondary N) is 1. The Hall–Kier alpha value is -2.22. The van der Waals surface area contributed by atoms with Gasteiger partial charge in [-0.05, 0) is 49.4 Å². The van der Waals surface area contributed by atoms with Crippen LogP contribution >= 0.6 is 23.2 Å². The molecule has 1 aromatic heterocycles. The second-order valence-electron chi connectivity index (χ2n) is 7.35. The first kappa shape index (κ1) is 21.0. The molecule has 0 saturated carbocycles. The van der Waals surface area contributed by atoms with Crippen LogP contribution in [0.3, 0.4) is 0 Å². The summed E-state index contributed by atoms with van der Waals surface area (Å²) in [5.41, 5.74) is 0.339. The van der Waals surface area contributed by atoms with Crippen molar-refractivity contribution in [2.45, 2.75) is 12.5 Å². The first-order chi connectivity index (χ1) is 14.4. The van der Waals surface area contributed by atoms with Gasteiger partial charge in [-0.15, -0.1) is 0 Å². The van der Waals surface area contributed by atoms with Gasteiger partial charge in [0.15, 0.2) is 5.58 Å². The third kappa shape index (κ3) is 4.02. The van der Waals surface area contributed by atoms with Gasteiger partial charge in [-0.2, -0.15) is 0 Å². The Labute approximate surface area is 181 Å². The van der Waals surface area contributed by atoms with Gasteiger partial charge in [0.25, 0.3) is 0 Å². The first-order valence-corrected chi connectivity index (χ1v) is 10.1. The average Bonchev–Trinajstić information content (AvgIpc) is 3.17. The highest BCUT2D eigenvalue weighted by Gasteiger charge is 2.44. The zero-order chi connectivity index (χ0) is 21.3. The Morgan fingerprint density at radius 1 is 1.20 bits per heavy atom. The highest BCUT2D eigenvalue weighted by molar-refractivity contribution is 6.35. The fourth-order valence-corrected chi connectivity index (χ4v) is 4.05. The van der Waals surface area contributed by atoms with E-state index < -0.39 is 30.8 Å². The fourth-order valence-electron chi connectivity index (χ4n) is 3.53. The summed E-state index contributed by atoms with van der Waals surface area (Å²) in [6.07, 6.45) is -0.514. The van der Waals surface area contributed by atoms with Gasteiger partial charge in [0.05, 0.1) is 11.0 Å². The molecule has 0 aliphatic carbocycles. The number of carbonyl (C=O) groups excluding carboxylic acids is 1. The van der Waals surface area contributed by atoms with Gasteiger partial charge in [-0.3, -0.25) is 8.78 Å². The maximum Gasteiger partial charge on any atom is 0.338 e.